The minimum Gasteiger partial charge on any atom is -0.468 e. The van der Waals surface area contributed by atoms with Crippen molar-refractivity contribution in [3.05, 3.63) is 138 Å². The van der Waals surface area contributed by atoms with Crippen LogP contribution in [0.3, 0.4) is 0 Å². The standard InChI is InChI=1S/C31H28O3S/c1-23-18-20-27(21-19-23)35-31(30(33)34-2,26-16-10-5-11-17-26)28(24-12-6-3-7-13-24)22-29(32)25-14-8-4-9-15-25/h3-21,28H,22H2,1-2H3/t28-,31+/m1/s1. The van der Waals surface area contributed by atoms with Gasteiger partial charge in [0.2, 0.25) is 0 Å². The molecule has 0 aliphatic heterocycles. The number of ketones is 1. The Morgan fingerprint density at radius 2 is 1.31 bits per heavy atom. The summed E-state index contributed by atoms with van der Waals surface area (Å²) in [4.78, 5) is 28.4. The highest BCUT2D eigenvalue weighted by Crippen LogP contribution is 2.53. The lowest BCUT2D eigenvalue weighted by molar-refractivity contribution is -0.144. The molecule has 3 nitrogen and oxygen atoms in total. The molecule has 0 N–H and O–H groups in total. The number of benzene rings is 4. The van der Waals surface area contributed by atoms with E-state index in [0.29, 0.717) is 5.56 Å². The molecule has 4 rings (SSSR count). The van der Waals surface area contributed by atoms with Crippen LogP contribution in [-0.2, 0) is 14.3 Å². The molecule has 176 valence electrons. The molecule has 4 aromatic rings. The molecule has 4 aromatic carbocycles. The first-order valence-electron chi connectivity index (χ1n) is 11.6. The van der Waals surface area contributed by atoms with Gasteiger partial charge in [-0.3, -0.25) is 9.59 Å². The molecular formula is C31H28O3S. The Hall–Kier alpha value is -3.63. The normalized spacial score (nSPS) is 13.4. The summed E-state index contributed by atoms with van der Waals surface area (Å²) in [5.74, 6) is -0.880. The monoisotopic (exact) mass is 480 g/mol. The minimum absolute atomic E-state index is 0.0202. The lowest BCUT2D eigenvalue weighted by atomic mass is 9.77. The van der Waals surface area contributed by atoms with Crippen molar-refractivity contribution in [2.24, 2.45) is 0 Å². The molecule has 0 saturated heterocycles. The summed E-state index contributed by atoms with van der Waals surface area (Å²) in [6, 6.07) is 36.8. The van der Waals surface area contributed by atoms with Crippen LogP contribution in [0.2, 0.25) is 0 Å². The summed E-state index contributed by atoms with van der Waals surface area (Å²) < 4.78 is 4.30. The largest absolute Gasteiger partial charge is 0.468 e. The number of esters is 1. The molecule has 0 saturated carbocycles. The van der Waals surface area contributed by atoms with Gasteiger partial charge in [-0.05, 0) is 30.2 Å². The maximum Gasteiger partial charge on any atom is 0.327 e. The van der Waals surface area contributed by atoms with Crippen LogP contribution in [0.1, 0.15) is 39.4 Å². The maximum absolute atomic E-state index is 13.9. The number of Topliss-reactive ketones (excluding diaryl/α,β-unsaturated/α-hetero) is 1. The zero-order chi connectivity index (χ0) is 24.7. The fourth-order valence-electron chi connectivity index (χ4n) is 4.37. The molecule has 0 fully saturated rings. The Kier molecular flexibility index (Phi) is 7.84. The number of carbonyl (C=O) groups is 2. The van der Waals surface area contributed by atoms with Gasteiger partial charge in [0, 0.05) is 22.8 Å². The number of rotatable bonds is 9. The summed E-state index contributed by atoms with van der Waals surface area (Å²) in [6.07, 6.45) is 0.150. The number of methoxy groups -OCH3 is 1. The van der Waals surface area contributed by atoms with E-state index in [9.17, 15) is 9.59 Å². The van der Waals surface area contributed by atoms with E-state index in [2.05, 4.69) is 0 Å². The van der Waals surface area contributed by atoms with Crippen LogP contribution in [0.5, 0.6) is 0 Å². The van der Waals surface area contributed by atoms with Gasteiger partial charge >= 0.3 is 5.97 Å². The number of hydrogen-bond acceptors (Lipinski definition) is 4. The zero-order valence-corrected chi connectivity index (χ0v) is 20.7. The number of ether oxygens (including phenoxy) is 1. The topological polar surface area (TPSA) is 43.4 Å². The SMILES string of the molecule is COC(=O)[C@](Sc1ccc(C)cc1)(c1ccccc1)[C@H](CC(=O)c1ccccc1)c1ccccc1. The summed E-state index contributed by atoms with van der Waals surface area (Å²) in [6.45, 7) is 2.03. The van der Waals surface area contributed by atoms with Gasteiger partial charge in [-0.1, -0.05) is 109 Å². The number of hydrogen-bond donors (Lipinski definition) is 0. The molecule has 0 heterocycles. The van der Waals surface area contributed by atoms with Crippen molar-refractivity contribution in [3.8, 4) is 0 Å². The van der Waals surface area contributed by atoms with Gasteiger partial charge in [0.05, 0.1) is 7.11 Å². The van der Waals surface area contributed by atoms with Gasteiger partial charge in [0.1, 0.15) is 4.75 Å². The van der Waals surface area contributed by atoms with Crippen LogP contribution >= 0.6 is 11.8 Å². The van der Waals surface area contributed by atoms with Crippen LogP contribution in [0.15, 0.2) is 120 Å². The quantitative estimate of drug-likeness (QED) is 0.144. The number of thioether (sulfide) groups is 1. The Bertz CT molecular complexity index is 1260. The van der Waals surface area contributed by atoms with E-state index in [1.807, 2.05) is 122 Å². The summed E-state index contributed by atoms with van der Waals surface area (Å²) in [7, 11) is 1.41. The molecule has 0 bridgehead atoms. The second kappa shape index (κ2) is 11.2. The molecule has 0 aliphatic carbocycles. The third-order valence-corrected chi connectivity index (χ3v) is 7.69. The molecule has 0 amide bonds. The van der Waals surface area contributed by atoms with Crippen molar-refractivity contribution in [1.82, 2.24) is 0 Å². The highest BCUT2D eigenvalue weighted by atomic mass is 32.2. The summed E-state index contributed by atoms with van der Waals surface area (Å²) in [5, 5.41) is 0. The molecule has 0 unspecified atom stereocenters. The van der Waals surface area contributed by atoms with Crippen LogP contribution in [0, 0.1) is 6.92 Å². The van der Waals surface area contributed by atoms with E-state index >= 15 is 0 Å². The fraction of sp³-hybridized carbons (Fsp3) is 0.161. The van der Waals surface area contributed by atoms with Crippen LogP contribution < -0.4 is 0 Å². The van der Waals surface area contributed by atoms with Gasteiger partial charge < -0.3 is 4.74 Å². The Balaban J connectivity index is 1.93. The third kappa shape index (κ3) is 5.39. The predicted molar refractivity (Wildman–Crippen MR) is 142 cm³/mol. The molecule has 4 heteroatoms. The first-order valence-corrected chi connectivity index (χ1v) is 12.4. The van der Waals surface area contributed by atoms with Crippen LogP contribution in [0.4, 0.5) is 0 Å². The van der Waals surface area contributed by atoms with Gasteiger partial charge in [0.15, 0.2) is 5.78 Å². The Morgan fingerprint density at radius 1 is 0.771 bits per heavy atom. The average Bonchev–Trinajstić information content (AvgIpc) is 2.92. The van der Waals surface area contributed by atoms with Crippen molar-refractivity contribution >= 4 is 23.5 Å². The van der Waals surface area contributed by atoms with Gasteiger partial charge in [-0.2, -0.15) is 0 Å². The smallest absolute Gasteiger partial charge is 0.327 e. The van der Waals surface area contributed by atoms with Crippen molar-refractivity contribution in [2.75, 3.05) is 7.11 Å². The van der Waals surface area contributed by atoms with Gasteiger partial charge in [-0.15, -0.1) is 11.8 Å². The van der Waals surface area contributed by atoms with Crippen LogP contribution in [0.25, 0.3) is 0 Å². The second-order valence-corrected chi connectivity index (χ2v) is 9.78. The van der Waals surface area contributed by atoms with E-state index in [1.165, 1.54) is 18.9 Å². The lowest BCUT2D eigenvalue weighted by Gasteiger charge is -2.38. The zero-order valence-electron chi connectivity index (χ0n) is 19.9. The van der Waals surface area contributed by atoms with Crippen molar-refractivity contribution in [3.63, 3.8) is 0 Å². The molecule has 0 spiro atoms. The summed E-state index contributed by atoms with van der Waals surface area (Å²) in [5.41, 5.74) is 3.47. The maximum atomic E-state index is 13.9. The molecule has 2 atom stereocenters. The van der Waals surface area contributed by atoms with E-state index in [4.69, 9.17) is 4.74 Å². The minimum atomic E-state index is -1.18. The molecule has 35 heavy (non-hydrogen) atoms. The van der Waals surface area contributed by atoms with Gasteiger partial charge in [-0.25, -0.2) is 0 Å². The second-order valence-electron chi connectivity index (χ2n) is 8.46. The highest BCUT2D eigenvalue weighted by Gasteiger charge is 2.50. The van der Waals surface area contributed by atoms with E-state index in [1.54, 1.807) is 0 Å². The molecule has 0 radical (unpaired) electrons. The van der Waals surface area contributed by atoms with Crippen LogP contribution in [-0.4, -0.2) is 18.9 Å². The van der Waals surface area contributed by atoms with Crippen molar-refractivity contribution in [1.29, 1.82) is 0 Å². The Morgan fingerprint density at radius 3 is 1.89 bits per heavy atom. The van der Waals surface area contributed by atoms with E-state index in [-0.39, 0.29) is 18.2 Å². The molecule has 0 aromatic heterocycles. The first-order chi connectivity index (χ1) is 17.0. The van der Waals surface area contributed by atoms with Gasteiger partial charge in [0.25, 0.3) is 0 Å². The predicted octanol–water partition coefficient (Wildman–Crippen LogP) is 7.21. The highest BCUT2D eigenvalue weighted by molar-refractivity contribution is 8.01. The summed E-state index contributed by atoms with van der Waals surface area (Å²) >= 11 is 1.44. The van der Waals surface area contributed by atoms with E-state index < -0.39 is 10.7 Å². The molecule has 0 aliphatic rings. The fourth-order valence-corrected chi connectivity index (χ4v) is 5.80. The first kappa shape index (κ1) is 24.5. The average molecular weight is 481 g/mol. The number of carbonyl (C=O) groups excluding carboxylic acids is 2. The number of aryl methyl sites for hydroxylation is 1. The third-order valence-electron chi connectivity index (χ3n) is 6.17. The lowest BCUT2D eigenvalue weighted by Crippen LogP contribution is -2.41. The van der Waals surface area contributed by atoms with E-state index in [0.717, 1.165) is 21.6 Å². The molecular weight excluding hydrogens is 452 g/mol. The van der Waals surface area contributed by atoms with Crippen molar-refractivity contribution < 1.29 is 14.3 Å². The van der Waals surface area contributed by atoms with Crippen molar-refractivity contribution in [2.45, 2.75) is 28.9 Å². The Labute approximate surface area is 211 Å².